The van der Waals surface area contributed by atoms with Crippen LogP contribution in [0.3, 0.4) is 0 Å². The first-order chi connectivity index (χ1) is 7.69. The van der Waals surface area contributed by atoms with Crippen molar-refractivity contribution in [1.82, 2.24) is 10.2 Å². The molecule has 3 unspecified atom stereocenters. The lowest BCUT2D eigenvalue weighted by Crippen LogP contribution is -2.31. The van der Waals surface area contributed by atoms with E-state index < -0.39 is 0 Å². The Labute approximate surface area is 96.1 Å². The second-order valence-corrected chi connectivity index (χ2v) is 4.12. The highest BCUT2D eigenvalue weighted by molar-refractivity contribution is 5.46. The fraction of sp³-hybridized carbons (Fsp3) is 0.727. The summed E-state index contributed by atoms with van der Waals surface area (Å²) in [5, 5.41) is 11.6. The Bertz CT molecular complexity index is 245. The number of nitrogens with zero attached hydrogens (tertiary/aromatic N) is 1. The highest BCUT2D eigenvalue weighted by Gasteiger charge is 2.33. The molecule has 1 aliphatic heterocycles. The molecule has 0 spiro atoms. The fourth-order valence-electron chi connectivity index (χ4n) is 1.95. The summed E-state index contributed by atoms with van der Waals surface area (Å²) < 4.78 is 5.68. The van der Waals surface area contributed by atoms with Gasteiger partial charge in [0.1, 0.15) is 6.23 Å². The molecule has 1 heterocycles. The van der Waals surface area contributed by atoms with Crippen LogP contribution in [-0.4, -0.2) is 48.9 Å². The van der Waals surface area contributed by atoms with Crippen molar-refractivity contribution in [2.75, 3.05) is 20.2 Å². The molecule has 1 saturated heterocycles. The molecule has 1 amide bonds. The first-order valence-corrected chi connectivity index (χ1v) is 5.51. The molecule has 0 saturated carbocycles. The first-order valence-electron chi connectivity index (χ1n) is 5.51. The Balaban J connectivity index is 2.38. The Kier molecular flexibility index (Phi) is 5.28. The van der Waals surface area contributed by atoms with Gasteiger partial charge in [0.25, 0.3) is 0 Å². The largest absolute Gasteiger partial charge is 0.394 e. The van der Waals surface area contributed by atoms with Gasteiger partial charge in [-0.05, 0) is 18.7 Å². The average molecular weight is 228 g/mol. The minimum absolute atomic E-state index is 0.00429. The highest BCUT2D eigenvalue weighted by atomic mass is 16.5. The van der Waals surface area contributed by atoms with Gasteiger partial charge in [0, 0.05) is 19.5 Å². The number of nitrogens with one attached hydrogen (secondary N) is 1. The topological polar surface area (TPSA) is 61.8 Å². The predicted octanol–water partition coefficient (Wildman–Crippen LogP) is -0.0787. The van der Waals surface area contributed by atoms with Gasteiger partial charge in [-0.25, -0.2) is 0 Å². The predicted molar refractivity (Wildman–Crippen MR) is 60.5 cm³/mol. The van der Waals surface area contributed by atoms with E-state index in [2.05, 4.69) is 12.2 Å². The maximum absolute atomic E-state index is 10.0. The van der Waals surface area contributed by atoms with Crippen molar-refractivity contribution in [3.05, 3.63) is 12.3 Å². The van der Waals surface area contributed by atoms with Crippen LogP contribution in [0.1, 0.15) is 13.3 Å². The molecule has 0 aromatic rings. The number of amides is 1. The maximum atomic E-state index is 10.0. The number of hydrogen-bond acceptors (Lipinski definition) is 4. The molecule has 2 N–H and O–H groups in total. The van der Waals surface area contributed by atoms with Gasteiger partial charge < -0.3 is 20.1 Å². The van der Waals surface area contributed by atoms with Gasteiger partial charge >= 0.3 is 0 Å². The van der Waals surface area contributed by atoms with Crippen LogP contribution in [0.2, 0.25) is 0 Å². The summed E-state index contributed by atoms with van der Waals surface area (Å²) in [5.74, 6) is 0.394. The number of carbonyl (C=O) groups excluding carboxylic acids is 1. The van der Waals surface area contributed by atoms with Crippen LogP contribution in [-0.2, 0) is 9.53 Å². The lowest BCUT2D eigenvalue weighted by molar-refractivity contribution is -0.109. The number of carbonyl (C=O) groups is 1. The normalized spacial score (nSPS) is 29.6. The molecular formula is C11H20N2O3. The van der Waals surface area contributed by atoms with E-state index in [0.29, 0.717) is 18.9 Å². The van der Waals surface area contributed by atoms with Crippen molar-refractivity contribution >= 4 is 6.41 Å². The highest BCUT2D eigenvalue weighted by Crippen LogP contribution is 2.27. The van der Waals surface area contributed by atoms with E-state index in [-0.39, 0.29) is 18.9 Å². The smallest absolute Gasteiger partial charge is 0.207 e. The van der Waals surface area contributed by atoms with Crippen LogP contribution >= 0.6 is 0 Å². The van der Waals surface area contributed by atoms with Gasteiger partial charge in [-0.15, -0.1) is 0 Å². The van der Waals surface area contributed by atoms with Crippen molar-refractivity contribution in [3.8, 4) is 0 Å². The molecule has 0 aromatic carbocycles. The summed E-state index contributed by atoms with van der Waals surface area (Å²) >= 11 is 0. The number of aliphatic hydroxyl groups excluding tert-OH is 1. The molecular weight excluding hydrogens is 208 g/mol. The van der Waals surface area contributed by atoms with Gasteiger partial charge in [0.15, 0.2) is 0 Å². The standard InChI is InChI=1S/C11H20N2O3/c1-9-6-10(7-14)16-11(9)13(2)5-3-4-12-8-15/h3,5,8-11,14H,4,6-7H2,1-2H3,(H,12,15)/b5-3-. The van der Waals surface area contributed by atoms with Crippen LogP contribution in [0, 0.1) is 5.92 Å². The van der Waals surface area contributed by atoms with E-state index in [0.717, 1.165) is 6.42 Å². The quantitative estimate of drug-likeness (QED) is 0.493. The molecule has 0 aromatic heterocycles. The van der Waals surface area contributed by atoms with Crippen molar-refractivity contribution < 1.29 is 14.6 Å². The van der Waals surface area contributed by atoms with Gasteiger partial charge in [-0.2, -0.15) is 0 Å². The van der Waals surface area contributed by atoms with Crippen LogP contribution < -0.4 is 5.32 Å². The maximum Gasteiger partial charge on any atom is 0.207 e. The summed E-state index contributed by atoms with van der Waals surface area (Å²) in [6.07, 6.45) is 5.24. The Morgan fingerprint density at radius 1 is 1.62 bits per heavy atom. The molecule has 92 valence electrons. The molecule has 1 aliphatic rings. The molecule has 16 heavy (non-hydrogen) atoms. The number of ether oxygens (including phenoxy) is 1. The van der Waals surface area contributed by atoms with Crippen molar-refractivity contribution in [2.45, 2.75) is 25.7 Å². The van der Waals surface area contributed by atoms with Crippen molar-refractivity contribution in [2.24, 2.45) is 5.92 Å². The van der Waals surface area contributed by atoms with E-state index in [1.807, 2.05) is 24.2 Å². The zero-order chi connectivity index (χ0) is 12.0. The minimum atomic E-state index is -0.0519. The summed E-state index contributed by atoms with van der Waals surface area (Å²) in [7, 11) is 1.93. The number of aliphatic hydroxyl groups is 1. The summed E-state index contributed by atoms with van der Waals surface area (Å²) in [5.41, 5.74) is 0. The molecule has 0 aliphatic carbocycles. The van der Waals surface area contributed by atoms with Crippen LogP contribution in [0.15, 0.2) is 12.3 Å². The Hall–Kier alpha value is -1.07. The lowest BCUT2D eigenvalue weighted by Gasteiger charge is -2.25. The van der Waals surface area contributed by atoms with Crippen LogP contribution in [0.25, 0.3) is 0 Å². The SMILES string of the molecule is CC1CC(CO)OC1N(C)/C=C\CNC=O. The molecule has 1 rings (SSSR count). The second kappa shape index (κ2) is 6.50. The number of hydrogen-bond donors (Lipinski definition) is 2. The zero-order valence-corrected chi connectivity index (χ0v) is 9.80. The zero-order valence-electron chi connectivity index (χ0n) is 9.80. The summed E-state index contributed by atoms with van der Waals surface area (Å²) in [4.78, 5) is 12.0. The molecule has 3 atom stereocenters. The minimum Gasteiger partial charge on any atom is -0.394 e. The molecule has 5 nitrogen and oxygen atoms in total. The van der Waals surface area contributed by atoms with E-state index in [1.165, 1.54) is 0 Å². The van der Waals surface area contributed by atoms with Gasteiger partial charge in [-0.3, -0.25) is 4.79 Å². The van der Waals surface area contributed by atoms with E-state index in [4.69, 9.17) is 9.84 Å². The molecule has 5 heteroatoms. The molecule has 0 bridgehead atoms. The van der Waals surface area contributed by atoms with Crippen LogP contribution in [0.4, 0.5) is 0 Å². The van der Waals surface area contributed by atoms with Crippen LogP contribution in [0.5, 0.6) is 0 Å². The van der Waals surface area contributed by atoms with Gasteiger partial charge in [0.2, 0.25) is 6.41 Å². The fourth-order valence-corrected chi connectivity index (χ4v) is 1.95. The third kappa shape index (κ3) is 3.50. The molecule has 0 radical (unpaired) electrons. The number of rotatable bonds is 6. The summed E-state index contributed by atoms with van der Waals surface area (Å²) in [6, 6.07) is 0. The van der Waals surface area contributed by atoms with E-state index >= 15 is 0 Å². The Morgan fingerprint density at radius 3 is 2.94 bits per heavy atom. The Morgan fingerprint density at radius 2 is 2.38 bits per heavy atom. The lowest BCUT2D eigenvalue weighted by atomic mass is 10.1. The second-order valence-electron chi connectivity index (χ2n) is 4.12. The molecule has 1 fully saturated rings. The first kappa shape index (κ1) is 13.0. The third-order valence-corrected chi connectivity index (χ3v) is 2.72. The third-order valence-electron chi connectivity index (χ3n) is 2.72. The van der Waals surface area contributed by atoms with Crippen molar-refractivity contribution in [3.63, 3.8) is 0 Å². The van der Waals surface area contributed by atoms with E-state index in [1.54, 1.807) is 0 Å². The van der Waals surface area contributed by atoms with Gasteiger partial charge in [0.05, 0.1) is 12.7 Å². The van der Waals surface area contributed by atoms with Gasteiger partial charge in [-0.1, -0.05) is 6.92 Å². The average Bonchev–Trinajstić information content (AvgIpc) is 2.66. The summed E-state index contributed by atoms with van der Waals surface area (Å²) in [6.45, 7) is 2.69. The monoisotopic (exact) mass is 228 g/mol. The van der Waals surface area contributed by atoms with Crippen molar-refractivity contribution in [1.29, 1.82) is 0 Å². The van der Waals surface area contributed by atoms with E-state index in [9.17, 15) is 4.79 Å².